The molecule has 76 valence electrons. The molecule has 0 heterocycles. The average molecular weight is 193 g/mol. The van der Waals surface area contributed by atoms with Gasteiger partial charge >= 0.3 is 6.18 Å². The zero-order chi connectivity index (χ0) is 9.90. The molecule has 0 spiro atoms. The summed E-state index contributed by atoms with van der Waals surface area (Å²) >= 11 is 0. The maximum absolute atomic E-state index is 12.5. The van der Waals surface area contributed by atoms with Gasteiger partial charge in [0.15, 0.2) is 0 Å². The van der Waals surface area contributed by atoms with Gasteiger partial charge < -0.3 is 5.32 Å². The van der Waals surface area contributed by atoms with Gasteiger partial charge in [-0.1, -0.05) is 13.0 Å². The van der Waals surface area contributed by atoms with E-state index in [9.17, 15) is 13.2 Å². The Morgan fingerprint density at radius 3 is 2.62 bits per heavy atom. The topological polar surface area (TPSA) is 12.0 Å². The van der Waals surface area contributed by atoms with E-state index in [1.165, 1.54) is 0 Å². The van der Waals surface area contributed by atoms with Crippen molar-refractivity contribution in [3.63, 3.8) is 0 Å². The van der Waals surface area contributed by atoms with E-state index < -0.39 is 12.2 Å². The van der Waals surface area contributed by atoms with Crippen molar-refractivity contribution in [1.82, 2.24) is 5.32 Å². The van der Waals surface area contributed by atoms with Gasteiger partial charge in [0.1, 0.15) is 6.04 Å². The molecule has 0 bridgehead atoms. The van der Waals surface area contributed by atoms with Crippen molar-refractivity contribution in [1.29, 1.82) is 0 Å². The number of alkyl halides is 3. The van der Waals surface area contributed by atoms with E-state index in [0.29, 0.717) is 18.5 Å². The second-order valence-corrected chi connectivity index (χ2v) is 3.20. The lowest BCUT2D eigenvalue weighted by Crippen LogP contribution is -2.43. The fourth-order valence-corrected chi connectivity index (χ4v) is 1.62. The Hall–Kier alpha value is -0.510. The van der Waals surface area contributed by atoms with Gasteiger partial charge in [-0.25, -0.2) is 0 Å². The Morgan fingerprint density at radius 1 is 1.54 bits per heavy atom. The van der Waals surface area contributed by atoms with E-state index in [0.717, 1.165) is 12.8 Å². The van der Waals surface area contributed by atoms with E-state index in [4.69, 9.17) is 0 Å². The largest absolute Gasteiger partial charge is 0.407 e. The summed E-state index contributed by atoms with van der Waals surface area (Å²) in [6.07, 6.45) is -0.217. The van der Waals surface area contributed by atoms with Crippen LogP contribution in [0.25, 0.3) is 0 Å². The number of rotatable bonds is 3. The Labute approximate surface area is 76.0 Å². The molecule has 0 saturated carbocycles. The minimum absolute atomic E-state index is 0.349. The second-order valence-electron chi connectivity index (χ2n) is 3.20. The summed E-state index contributed by atoms with van der Waals surface area (Å²) in [5.74, 6) is 0. The molecule has 13 heavy (non-hydrogen) atoms. The van der Waals surface area contributed by atoms with Crippen LogP contribution in [0.4, 0.5) is 13.2 Å². The fourth-order valence-electron chi connectivity index (χ4n) is 1.62. The minimum Gasteiger partial charge on any atom is -0.303 e. The molecular formula is C9H14F3N. The van der Waals surface area contributed by atoms with Crippen LogP contribution < -0.4 is 5.32 Å². The quantitative estimate of drug-likeness (QED) is 0.679. The first-order valence-corrected chi connectivity index (χ1v) is 4.54. The lowest BCUT2D eigenvalue weighted by Gasteiger charge is -2.22. The second kappa shape index (κ2) is 4.13. The van der Waals surface area contributed by atoms with Crippen molar-refractivity contribution in [3.05, 3.63) is 11.6 Å². The first-order valence-electron chi connectivity index (χ1n) is 4.54. The summed E-state index contributed by atoms with van der Waals surface area (Å²) < 4.78 is 37.4. The maximum atomic E-state index is 12.5. The van der Waals surface area contributed by atoms with E-state index in [1.807, 2.05) is 0 Å². The number of likely N-dealkylation sites (N-methyl/N-ethyl adjacent to an activating group) is 1. The van der Waals surface area contributed by atoms with Crippen LogP contribution in [0.3, 0.4) is 0 Å². The van der Waals surface area contributed by atoms with E-state index >= 15 is 0 Å². The minimum atomic E-state index is -4.15. The van der Waals surface area contributed by atoms with Crippen molar-refractivity contribution in [2.45, 2.75) is 38.4 Å². The molecule has 1 atom stereocenters. The smallest absolute Gasteiger partial charge is 0.303 e. The maximum Gasteiger partial charge on any atom is 0.407 e. The highest BCUT2D eigenvalue weighted by Crippen LogP contribution is 2.31. The van der Waals surface area contributed by atoms with Crippen molar-refractivity contribution >= 4 is 0 Å². The molecule has 0 aromatic carbocycles. The van der Waals surface area contributed by atoms with Crippen LogP contribution in [0, 0.1) is 0 Å². The molecule has 0 aliphatic heterocycles. The molecule has 1 nitrogen and oxygen atoms in total. The Morgan fingerprint density at radius 2 is 2.23 bits per heavy atom. The van der Waals surface area contributed by atoms with Gasteiger partial charge in [0.05, 0.1) is 0 Å². The van der Waals surface area contributed by atoms with Crippen LogP contribution in [0.15, 0.2) is 11.6 Å². The van der Waals surface area contributed by atoms with E-state index in [2.05, 4.69) is 5.32 Å². The lowest BCUT2D eigenvalue weighted by molar-refractivity contribution is -0.147. The number of halogens is 3. The summed E-state index contributed by atoms with van der Waals surface area (Å²) in [6.45, 7) is 2.04. The fraction of sp³-hybridized carbons (Fsp3) is 0.778. The van der Waals surface area contributed by atoms with Gasteiger partial charge in [-0.05, 0) is 31.4 Å². The predicted octanol–water partition coefficient (Wildman–Crippen LogP) is 2.64. The molecule has 0 fully saturated rings. The highest BCUT2D eigenvalue weighted by molar-refractivity contribution is 5.17. The van der Waals surface area contributed by atoms with Crippen molar-refractivity contribution in [2.24, 2.45) is 0 Å². The molecule has 4 heteroatoms. The summed E-state index contributed by atoms with van der Waals surface area (Å²) in [4.78, 5) is 0. The number of allylic oxidation sites excluding steroid dienone is 1. The third-order valence-corrected chi connectivity index (χ3v) is 2.18. The van der Waals surface area contributed by atoms with Gasteiger partial charge in [0.25, 0.3) is 0 Å². The SMILES string of the molecule is CCNC(C1=CCCC1)C(F)(F)F. The third kappa shape index (κ3) is 2.72. The van der Waals surface area contributed by atoms with Gasteiger partial charge in [0.2, 0.25) is 0 Å². The summed E-state index contributed by atoms with van der Waals surface area (Å²) in [5, 5.41) is 2.47. The lowest BCUT2D eigenvalue weighted by atomic mass is 10.1. The first-order chi connectivity index (χ1) is 6.05. The Balaban J connectivity index is 2.67. The summed E-state index contributed by atoms with van der Waals surface area (Å²) in [6, 6.07) is -1.42. The normalized spacial score (nSPS) is 20.2. The molecular weight excluding hydrogens is 179 g/mol. The standard InChI is InChI=1S/C9H14F3N/c1-2-13-8(9(10,11)12)7-5-3-4-6-7/h5,8,13H,2-4,6H2,1H3. The number of hydrogen-bond acceptors (Lipinski definition) is 1. The third-order valence-electron chi connectivity index (χ3n) is 2.18. The van der Waals surface area contributed by atoms with Gasteiger partial charge in [-0.3, -0.25) is 0 Å². The summed E-state index contributed by atoms with van der Waals surface area (Å²) in [7, 11) is 0. The van der Waals surface area contributed by atoms with E-state index in [1.54, 1.807) is 13.0 Å². The van der Waals surface area contributed by atoms with Crippen molar-refractivity contribution < 1.29 is 13.2 Å². The van der Waals surface area contributed by atoms with Crippen LogP contribution >= 0.6 is 0 Å². The van der Waals surface area contributed by atoms with Crippen molar-refractivity contribution in [3.8, 4) is 0 Å². The number of hydrogen-bond donors (Lipinski definition) is 1. The molecule has 0 saturated heterocycles. The molecule has 0 aromatic heterocycles. The average Bonchev–Trinajstić information content (AvgIpc) is 2.49. The van der Waals surface area contributed by atoms with Gasteiger partial charge in [-0.2, -0.15) is 13.2 Å². The Bertz CT molecular complexity index is 196. The highest BCUT2D eigenvalue weighted by Gasteiger charge is 2.41. The zero-order valence-electron chi connectivity index (χ0n) is 7.62. The Kier molecular flexibility index (Phi) is 3.36. The van der Waals surface area contributed by atoms with Crippen LogP contribution in [0.2, 0.25) is 0 Å². The van der Waals surface area contributed by atoms with Crippen LogP contribution in [-0.2, 0) is 0 Å². The predicted molar refractivity (Wildman–Crippen MR) is 45.5 cm³/mol. The van der Waals surface area contributed by atoms with Crippen LogP contribution in [0.5, 0.6) is 0 Å². The molecule has 0 amide bonds. The first kappa shape index (κ1) is 10.6. The van der Waals surface area contributed by atoms with Gasteiger partial charge in [0, 0.05) is 0 Å². The zero-order valence-corrected chi connectivity index (χ0v) is 7.62. The molecule has 1 N–H and O–H groups in total. The summed E-state index contributed by atoms with van der Waals surface area (Å²) in [5.41, 5.74) is 0.509. The van der Waals surface area contributed by atoms with Crippen LogP contribution in [-0.4, -0.2) is 18.8 Å². The highest BCUT2D eigenvalue weighted by atomic mass is 19.4. The number of nitrogens with one attached hydrogen (secondary N) is 1. The monoisotopic (exact) mass is 193 g/mol. The van der Waals surface area contributed by atoms with E-state index in [-0.39, 0.29) is 0 Å². The molecule has 1 aliphatic rings. The molecule has 1 rings (SSSR count). The molecule has 0 aromatic rings. The van der Waals surface area contributed by atoms with Crippen molar-refractivity contribution in [2.75, 3.05) is 6.54 Å². The molecule has 0 radical (unpaired) electrons. The van der Waals surface area contributed by atoms with Crippen LogP contribution in [0.1, 0.15) is 26.2 Å². The molecule has 1 unspecified atom stereocenters. The van der Waals surface area contributed by atoms with Gasteiger partial charge in [-0.15, -0.1) is 0 Å². The molecule has 1 aliphatic carbocycles.